The van der Waals surface area contributed by atoms with Crippen LogP contribution in [0.2, 0.25) is 0 Å². The van der Waals surface area contributed by atoms with Crippen LogP contribution in [0.4, 0.5) is 5.69 Å². The van der Waals surface area contributed by atoms with Gasteiger partial charge in [0, 0.05) is 18.8 Å². The first-order valence-electron chi connectivity index (χ1n) is 9.33. The summed E-state index contributed by atoms with van der Waals surface area (Å²) >= 11 is 0. The molecule has 0 saturated heterocycles. The highest BCUT2D eigenvalue weighted by molar-refractivity contribution is 5.45. The Kier molecular flexibility index (Phi) is 9.03. The first-order valence-corrected chi connectivity index (χ1v) is 9.33. The summed E-state index contributed by atoms with van der Waals surface area (Å²) in [5, 5.41) is 3.54. The Morgan fingerprint density at radius 1 is 0.833 bits per heavy atom. The maximum absolute atomic E-state index is 5.72. The molecular weight excluding hydrogens is 294 g/mol. The molecule has 2 heteroatoms. The predicted octanol–water partition coefficient (Wildman–Crippen LogP) is 5.83. The van der Waals surface area contributed by atoms with Crippen LogP contribution < -0.4 is 5.32 Å². The van der Waals surface area contributed by atoms with E-state index in [1.54, 1.807) is 0 Å². The Morgan fingerprint density at radius 3 is 2.50 bits per heavy atom. The monoisotopic (exact) mass is 325 g/mol. The zero-order valence-electron chi connectivity index (χ0n) is 15.0. The second kappa shape index (κ2) is 11.7. The summed E-state index contributed by atoms with van der Waals surface area (Å²) < 4.78 is 5.72. The highest BCUT2D eigenvalue weighted by Crippen LogP contribution is 2.13. The van der Waals surface area contributed by atoms with Gasteiger partial charge in [0.15, 0.2) is 0 Å². The van der Waals surface area contributed by atoms with E-state index in [9.17, 15) is 0 Å². The molecule has 0 aromatic heterocycles. The Hall–Kier alpha value is -1.80. The Balaban J connectivity index is 1.50. The van der Waals surface area contributed by atoms with E-state index in [-0.39, 0.29) is 0 Å². The van der Waals surface area contributed by atoms with Gasteiger partial charge in [-0.15, -0.1) is 0 Å². The molecule has 2 nitrogen and oxygen atoms in total. The van der Waals surface area contributed by atoms with Crippen molar-refractivity contribution in [1.82, 2.24) is 0 Å². The molecule has 0 unspecified atom stereocenters. The van der Waals surface area contributed by atoms with E-state index in [4.69, 9.17) is 4.74 Å². The number of hydrogen-bond donors (Lipinski definition) is 1. The fourth-order valence-corrected chi connectivity index (χ4v) is 2.72. The van der Waals surface area contributed by atoms with E-state index in [1.165, 1.54) is 48.9 Å². The third kappa shape index (κ3) is 7.65. The zero-order valence-corrected chi connectivity index (χ0v) is 15.0. The van der Waals surface area contributed by atoms with Crippen LogP contribution in [0.3, 0.4) is 0 Å². The van der Waals surface area contributed by atoms with Crippen molar-refractivity contribution in [2.24, 2.45) is 0 Å². The van der Waals surface area contributed by atoms with Crippen molar-refractivity contribution in [2.45, 2.75) is 52.1 Å². The number of ether oxygens (including phenoxy) is 1. The highest BCUT2D eigenvalue weighted by Gasteiger charge is 1.97. The van der Waals surface area contributed by atoms with Gasteiger partial charge >= 0.3 is 0 Å². The average molecular weight is 325 g/mol. The predicted molar refractivity (Wildman–Crippen MR) is 103 cm³/mol. The van der Waals surface area contributed by atoms with Crippen LogP contribution in [0, 0.1) is 0 Å². The van der Waals surface area contributed by atoms with E-state index >= 15 is 0 Å². The quantitative estimate of drug-likeness (QED) is 0.496. The third-order valence-corrected chi connectivity index (χ3v) is 4.15. The van der Waals surface area contributed by atoms with E-state index in [0.29, 0.717) is 0 Å². The van der Waals surface area contributed by atoms with Crippen LogP contribution in [-0.2, 0) is 17.8 Å². The SMILES string of the molecule is CCCCc1cccc(NCCCCCOCc2ccccc2)c1. The lowest BCUT2D eigenvalue weighted by molar-refractivity contribution is 0.117. The third-order valence-electron chi connectivity index (χ3n) is 4.15. The Morgan fingerprint density at radius 2 is 1.67 bits per heavy atom. The van der Waals surface area contributed by atoms with E-state index < -0.39 is 0 Å². The van der Waals surface area contributed by atoms with Gasteiger partial charge in [-0.25, -0.2) is 0 Å². The molecule has 0 amide bonds. The number of nitrogens with one attached hydrogen (secondary N) is 1. The molecule has 24 heavy (non-hydrogen) atoms. The van der Waals surface area contributed by atoms with Gasteiger partial charge in [-0.05, 0) is 55.4 Å². The zero-order chi connectivity index (χ0) is 16.9. The topological polar surface area (TPSA) is 21.3 Å². The van der Waals surface area contributed by atoms with Gasteiger partial charge in [-0.2, -0.15) is 0 Å². The lowest BCUT2D eigenvalue weighted by Gasteiger charge is -2.09. The summed E-state index contributed by atoms with van der Waals surface area (Å²) in [6.45, 7) is 4.85. The summed E-state index contributed by atoms with van der Waals surface area (Å²) in [5.41, 5.74) is 3.95. The molecule has 0 saturated carbocycles. The normalized spacial score (nSPS) is 10.7. The van der Waals surface area contributed by atoms with Crippen LogP contribution in [0.1, 0.15) is 50.2 Å². The summed E-state index contributed by atoms with van der Waals surface area (Å²) in [6.07, 6.45) is 7.23. The Labute approximate surface area is 147 Å². The number of benzene rings is 2. The molecule has 130 valence electrons. The fraction of sp³-hybridized carbons (Fsp3) is 0.455. The van der Waals surface area contributed by atoms with Crippen molar-refractivity contribution in [3.05, 3.63) is 65.7 Å². The summed E-state index contributed by atoms with van der Waals surface area (Å²) in [7, 11) is 0. The van der Waals surface area contributed by atoms with Gasteiger partial charge in [0.05, 0.1) is 6.61 Å². The highest BCUT2D eigenvalue weighted by atomic mass is 16.5. The largest absolute Gasteiger partial charge is 0.385 e. The van der Waals surface area contributed by atoms with Crippen molar-refractivity contribution in [2.75, 3.05) is 18.5 Å². The first kappa shape index (κ1) is 18.5. The lowest BCUT2D eigenvalue weighted by atomic mass is 10.1. The van der Waals surface area contributed by atoms with E-state index in [0.717, 1.165) is 26.2 Å². The maximum atomic E-state index is 5.72. The molecule has 0 aliphatic heterocycles. The molecule has 0 bridgehead atoms. The molecule has 0 fully saturated rings. The summed E-state index contributed by atoms with van der Waals surface area (Å²) in [5.74, 6) is 0. The number of rotatable bonds is 12. The molecule has 0 atom stereocenters. The van der Waals surface area contributed by atoms with Gasteiger partial charge in [-0.3, -0.25) is 0 Å². The van der Waals surface area contributed by atoms with Crippen molar-refractivity contribution in [3.8, 4) is 0 Å². The molecular formula is C22H31NO. The molecule has 2 aromatic rings. The Bertz CT molecular complexity index is 553. The van der Waals surface area contributed by atoms with Crippen molar-refractivity contribution in [1.29, 1.82) is 0 Å². The molecule has 2 aromatic carbocycles. The summed E-state index contributed by atoms with van der Waals surface area (Å²) in [4.78, 5) is 0. The van der Waals surface area contributed by atoms with Crippen molar-refractivity contribution >= 4 is 5.69 Å². The number of anilines is 1. The van der Waals surface area contributed by atoms with Gasteiger partial charge in [0.25, 0.3) is 0 Å². The second-order valence-electron chi connectivity index (χ2n) is 6.33. The fourth-order valence-electron chi connectivity index (χ4n) is 2.72. The average Bonchev–Trinajstić information content (AvgIpc) is 2.63. The molecule has 0 radical (unpaired) electrons. The smallest absolute Gasteiger partial charge is 0.0716 e. The minimum Gasteiger partial charge on any atom is -0.385 e. The molecule has 2 rings (SSSR count). The van der Waals surface area contributed by atoms with Crippen LogP contribution in [0.15, 0.2) is 54.6 Å². The van der Waals surface area contributed by atoms with Crippen molar-refractivity contribution < 1.29 is 4.74 Å². The van der Waals surface area contributed by atoms with E-state index in [2.05, 4.69) is 60.8 Å². The van der Waals surface area contributed by atoms with Crippen LogP contribution in [0.5, 0.6) is 0 Å². The van der Waals surface area contributed by atoms with E-state index in [1.807, 2.05) is 6.07 Å². The number of unbranched alkanes of at least 4 members (excludes halogenated alkanes) is 3. The first-order chi connectivity index (χ1) is 11.9. The van der Waals surface area contributed by atoms with Crippen molar-refractivity contribution in [3.63, 3.8) is 0 Å². The van der Waals surface area contributed by atoms with Gasteiger partial charge < -0.3 is 10.1 Å². The lowest BCUT2D eigenvalue weighted by Crippen LogP contribution is -2.03. The van der Waals surface area contributed by atoms with Gasteiger partial charge in [0.2, 0.25) is 0 Å². The van der Waals surface area contributed by atoms with Gasteiger partial charge in [-0.1, -0.05) is 55.8 Å². The standard InChI is InChI=1S/C22H31NO/c1-2-3-11-20-14-10-15-22(18-20)23-16-8-5-9-17-24-19-21-12-6-4-7-13-21/h4,6-7,10,12-15,18,23H,2-3,5,8-9,11,16-17,19H2,1H3. The second-order valence-corrected chi connectivity index (χ2v) is 6.33. The minimum absolute atomic E-state index is 0.726. The summed E-state index contributed by atoms with van der Waals surface area (Å²) in [6, 6.07) is 19.2. The van der Waals surface area contributed by atoms with Crippen LogP contribution in [0.25, 0.3) is 0 Å². The molecule has 0 aliphatic carbocycles. The minimum atomic E-state index is 0.726. The van der Waals surface area contributed by atoms with Gasteiger partial charge in [0.1, 0.15) is 0 Å². The molecule has 0 aliphatic rings. The van der Waals surface area contributed by atoms with Crippen LogP contribution in [-0.4, -0.2) is 13.2 Å². The molecule has 0 spiro atoms. The maximum Gasteiger partial charge on any atom is 0.0716 e. The number of aryl methyl sites for hydroxylation is 1. The molecule has 0 heterocycles. The van der Waals surface area contributed by atoms with Crippen LogP contribution >= 0.6 is 0 Å². The number of hydrogen-bond acceptors (Lipinski definition) is 2. The molecule has 1 N–H and O–H groups in total.